The smallest absolute Gasteiger partial charge is 0.287 e. The van der Waals surface area contributed by atoms with E-state index in [0.29, 0.717) is 12.0 Å². The van der Waals surface area contributed by atoms with Crippen molar-refractivity contribution < 1.29 is 9.09 Å². The second kappa shape index (κ2) is 4.00. The maximum Gasteiger partial charge on any atom is 0.287 e. The number of fused-ring (bicyclic) bond motifs is 5. The first-order chi connectivity index (χ1) is 8.69. The van der Waals surface area contributed by atoms with Crippen LogP contribution >= 0.6 is 19.1 Å². The lowest BCUT2D eigenvalue weighted by Crippen LogP contribution is -2.44. The van der Waals surface area contributed by atoms with Gasteiger partial charge >= 0.3 is 0 Å². The van der Waals surface area contributed by atoms with Crippen molar-refractivity contribution in [3.63, 3.8) is 0 Å². The largest absolute Gasteiger partial charge is 0.311 e. The molecule has 2 saturated carbocycles. The Labute approximate surface area is 121 Å². The SMILES string of the molecule is CC(C)N1[C@@H]2[C@H]3CC[C@@](C)([C@@H]2O[P@]1(=O)CCl)C3(C)C. The van der Waals surface area contributed by atoms with E-state index in [1.54, 1.807) is 0 Å². The maximum atomic E-state index is 13.0. The van der Waals surface area contributed by atoms with Crippen LogP contribution in [-0.2, 0) is 9.09 Å². The van der Waals surface area contributed by atoms with Gasteiger partial charge in [0.2, 0.25) is 0 Å². The molecule has 2 bridgehead atoms. The zero-order valence-electron chi connectivity index (χ0n) is 12.5. The fraction of sp³-hybridized carbons (Fsp3) is 1.00. The second-order valence-electron chi connectivity index (χ2n) is 7.53. The fourth-order valence-electron chi connectivity index (χ4n) is 4.98. The van der Waals surface area contributed by atoms with Crippen LogP contribution in [-0.4, -0.2) is 28.5 Å². The third-order valence-electron chi connectivity index (χ3n) is 6.34. The Morgan fingerprint density at radius 3 is 2.58 bits per heavy atom. The van der Waals surface area contributed by atoms with Crippen LogP contribution in [0.1, 0.15) is 47.5 Å². The van der Waals surface area contributed by atoms with Gasteiger partial charge in [-0.3, -0.25) is 4.57 Å². The van der Waals surface area contributed by atoms with E-state index in [1.165, 1.54) is 12.8 Å². The molecule has 0 unspecified atom stereocenters. The molecule has 1 aliphatic heterocycles. The average Bonchev–Trinajstić information content (AvgIpc) is 2.79. The number of hydrogen-bond donors (Lipinski definition) is 0. The molecule has 1 heterocycles. The zero-order chi connectivity index (χ0) is 14.2. The van der Waals surface area contributed by atoms with Crippen LogP contribution in [0.25, 0.3) is 0 Å². The van der Waals surface area contributed by atoms with Crippen molar-refractivity contribution in [1.82, 2.24) is 4.67 Å². The van der Waals surface area contributed by atoms with Gasteiger partial charge in [0.25, 0.3) is 7.52 Å². The van der Waals surface area contributed by atoms with E-state index in [0.717, 1.165) is 0 Å². The Kier molecular flexibility index (Phi) is 3.03. The molecule has 5 heteroatoms. The zero-order valence-corrected chi connectivity index (χ0v) is 14.2. The molecular weight excluding hydrogens is 281 g/mol. The van der Waals surface area contributed by atoms with Crippen molar-refractivity contribution in [2.75, 3.05) is 5.62 Å². The Balaban J connectivity index is 2.08. The van der Waals surface area contributed by atoms with Crippen molar-refractivity contribution in [2.45, 2.75) is 65.6 Å². The topological polar surface area (TPSA) is 29.5 Å². The molecule has 3 fully saturated rings. The first-order valence-corrected chi connectivity index (χ1v) is 9.61. The highest BCUT2D eigenvalue weighted by atomic mass is 35.5. The average molecular weight is 306 g/mol. The van der Waals surface area contributed by atoms with Crippen molar-refractivity contribution >= 4 is 19.1 Å². The lowest BCUT2D eigenvalue weighted by molar-refractivity contribution is 0.0362. The molecule has 0 radical (unpaired) electrons. The van der Waals surface area contributed by atoms with Crippen molar-refractivity contribution in [2.24, 2.45) is 16.7 Å². The highest BCUT2D eigenvalue weighted by molar-refractivity contribution is 7.58. The van der Waals surface area contributed by atoms with E-state index < -0.39 is 7.52 Å². The van der Waals surface area contributed by atoms with Gasteiger partial charge < -0.3 is 4.52 Å². The van der Waals surface area contributed by atoms with Crippen LogP contribution in [0.5, 0.6) is 0 Å². The van der Waals surface area contributed by atoms with Crippen LogP contribution in [0.4, 0.5) is 0 Å². The Hall–Kier alpha value is 0.440. The molecule has 3 aliphatic rings. The van der Waals surface area contributed by atoms with Gasteiger partial charge in [0.05, 0.1) is 6.10 Å². The van der Waals surface area contributed by atoms with Crippen LogP contribution in [0.15, 0.2) is 0 Å². The lowest BCUT2D eigenvalue weighted by Gasteiger charge is -2.38. The molecule has 0 spiro atoms. The summed E-state index contributed by atoms with van der Waals surface area (Å²) >= 11 is 6.00. The van der Waals surface area contributed by atoms with Gasteiger partial charge in [0, 0.05) is 17.5 Å². The summed E-state index contributed by atoms with van der Waals surface area (Å²) in [6.45, 7) is 11.2. The predicted octanol–water partition coefficient (Wildman–Crippen LogP) is 4.31. The summed E-state index contributed by atoms with van der Waals surface area (Å²) in [5.41, 5.74) is 0.502. The molecule has 19 heavy (non-hydrogen) atoms. The van der Waals surface area contributed by atoms with E-state index >= 15 is 0 Å². The van der Waals surface area contributed by atoms with Gasteiger partial charge in [-0.1, -0.05) is 20.8 Å². The van der Waals surface area contributed by atoms with Gasteiger partial charge in [-0.2, -0.15) is 0 Å². The molecule has 0 amide bonds. The standard InChI is InChI=1S/C14H25ClNO2P/c1-9(2)16-11-10-6-7-14(5,13(10,3)4)12(11)18-19(16,17)8-15/h9-12H,6-8H2,1-5H3/t10-,11-,12-,14+,19-/m1/s1. The summed E-state index contributed by atoms with van der Waals surface area (Å²) < 4.78 is 21.3. The maximum absolute atomic E-state index is 13.0. The Morgan fingerprint density at radius 2 is 2.05 bits per heavy atom. The fourth-order valence-corrected chi connectivity index (χ4v) is 7.91. The summed E-state index contributed by atoms with van der Waals surface area (Å²) in [5, 5.41) is 0. The minimum atomic E-state index is -2.83. The Bertz CT molecular complexity index is 453. The minimum Gasteiger partial charge on any atom is -0.311 e. The van der Waals surface area contributed by atoms with Gasteiger partial charge in [-0.25, -0.2) is 4.67 Å². The van der Waals surface area contributed by atoms with Gasteiger partial charge in [0.1, 0.15) is 5.62 Å². The van der Waals surface area contributed by atoms with Crippen molar-refractivity contribution in [1.29, 1.82) is 0 Å². The Morgan fingerprint density at radius 1 is 1.42 bits per heavy atom. The summed E-state index contributed by atoms with van der Waals surface area (Å²) in [5.74, 6) is 0.573. The van der Waals surface area contributed by atoms with E-state index in [2.05, 4.69) is 39.3 Å². The molecular formula is C14H25ClNO2P. The molecule has 0 aromatic heterocycles. The quantitative estimate of drug-likeness (QED) is 0.562. The molecule has 1 saturated heterocycles. The van der Waals surface area contributed by atoms with E-state index in [4.69, 9.17) is 16.1 Å². The van der Waals surface area contributed by atoms with Crippen LogP contribution < -0.4 is 0 Å². The minimum absolute atomic E-state index is 0.0910. The monoisotopic (exact) mass is 305 g/mol. The molecule has 110 valence electrons. The van der Waals surface area contributed by atoms with E-state index in [-0.39, 0.29) is 28.6 Å². The summed E-state index contributed by atoms with van der Waals surface area (Å²) in [6.07, 6.45) is 2.49. The number of halogens is 1. The molecule has 0 N–H and O–H groups in total. The van der Waals surface area contributed by atoms with E-state index in [9.17, 15) is 4.57 Å². The molecule has 3 nitrogen and oxygen atoms in total. The van der Waals surface area contributed by atoms with Crippen LogP contribution in [0, 0.1) is 16.7 Å². The summed E-state index contributed by atoms with van der Waals surface area (Å²) in [7, 11) is -2.83. The summed E-state index contributed by atoms with van der Waals surface area (Å²) in [6, 6.07) is 0.511. The number of hydrogen-bond acceptors (Lipinski definition) is 2. The van der Waals surface area contributed by atoms with Crippen LogP contribution in [0.3, 0.4) is 0 Å². The number of alkyl halides is 1. The third kappa shape index (κ3) is 1.51. The number of nitrogens with zero attached hydrogens (tertiary/aromatic N) is 1. The van der Waals surface area contributed by atoms with Gasteiger partial charge in [-0.05, 0) is 38.0 Å². The molecule has 0 aromatic carbocycles. The van der Waals surface area contributed by atoms with Crippen LogP contribution in [0.2, 0.25) is 0 Å². The third-order valence-corrected chi connectivity index (χ3v) is 9.54. The summed E-state index contributed by atoms with van der Waals surface area (Å²) in [4.78, 5) is 0. The lowest BCUT2D eigenvalue weighted by atomic mass is 9.70. The van der Waals surface area contributed by atoms with Crippen molar-refractivity contribution in [3.8, 4) is 0 Å². The first kappa shape index (κ1) is 14.4. The number of rotatable bonds is 2. The first-order valence-electron chi connectivity index (χ1n) is 7.31. The van der Waals surface area contributed by atoms with Gasteiger partial charge in [0.15, 0.2) is 0 Å². The molecule has 2 aliphatic carbocycles. The highest BCUT2D eigenvalue weighted by Gasteiger charge is 2.73. The molecule has 0 aromatic rings. The van der Waals surface area contributed by atoms with E-state index in [1.807, 2.05) is 0 Å². The van der Waals surface area contributed by atoms with Crippen molar-refractivity contribution in [3.05, 3.63) is 0 Å². The molecule has 5 atom stereocenters. The normalized spacial score (nSPS) is 52.1. The molecule has 3 rings (SSSR count). The highest BCUT2D eigenvalue weighted by Crippen LogP contribution is 2.76. The second-order valence-corrected chi connectivity index (χ2v) is 10.4. The predicted molar refractivity (Wildman–Crippen MR) is 78.6 cm³/mol. The van der Waals surface area contributed by atoms with Gasteiger partial charge in [-0.15, -0.1) is 11.6 Å².